The Hall–Kier alpha value is -3.39. The minimum Gasteiger partial charge on any atom is -0.423 e. The standard InChI is InChI=1S/C21H16ClFN4O3/c1-25-18-17(19(28)27(21(25)29)10-13-4-2-3-5-15(13)23)26-11-16(30-20(26)24-18)12-6-8-14(22)9-7-12/h2-9,11,17-18H,10H2,1H3. The highest BCUT2D eigenvalue weighted by Gasteiger charge is 2.54. The highest BCUT2D eigenvalue weighted by molar-refractivity contribution is 6.30. The Morgan fingerprint density at radius 2 is 1.87 bits per heavy atom. The molecule has 0 radical (unpaired) electrons. The molecule has 30 heavy (non-hydrogen) atoms. The molecule has 9 heteroatoms. The number of aliphatic imine (C=N–C) groups is 1. The number of likely N-dealkylation sites (N-methyl/N-ethyl adjacent to an activating group) is 1. The molecule has 3 heterocycles. The number of nitrogens with zero attached hydrogens (tertiary/aromatic N) is 4. The van der Waals surface area contributed by atoms with Crippen molar-refractivity contribution in [3.8, 4) is 0 Å². The number of imide groups is 1. The molecular formula is C21H16ClFN4O3. The highest BCUT2D eigenvalue weighted by atomic mass is 35.5. The number of hydrogen-bond acceptors (Lipinski definition) is 5. The van der Waals surface area contributed by atoms with Crippen molar-refractivity contribution in [1.29, 1.82) is 0 Å². The summed E-state index contributed by atoms with van der Waals surface area (Å²) in [6, 6.07) is 12.1. The average molecular weight is 427 g/mol. The zero-order chi connectivity index (χ0) is 21.0. The fraction of sp³-hybridized carbons (Fsp3) is 0.190. The minimum atomic E-state index is -0.778. The lowest BCUT2D eigenvalue weighted by Crippen LogP contribution is -2.63. The molecule has 2 atom stereocenters. The van der Waals surface area contributed by atoms with Gasteiger partial charge in [0.1, 0.15) is 5.82 Å². The molecule has 1 saturated heterocycles. The van der Waals surface area contributed by atoms with Gasteiger partial charge in [-0.3, -0.25) is 14.6 Å². The third-order valence-corrected chi connectivity index (χ3v) is 5.62. The lowest BCUT2D eigenvalue weighted by atomic mass is 10.1. The molecule has 3 aliphatic rings. The average Bonchev–Trinajstić information content (AvgIpc) is 3.29. The molecule has 2 aromatic carbocycles. The molecule has 0 saturated carbocycles. The number of urea groups is 1. The van der Waals surface area contributed by atoms with Crippen molar-refractivity contribution >= 4 is 35.3 Å². The predicted octanol–water partition coefficient (Wildman–Crippen LogP) is 3.27. The monoisotopic (exact) mass is 426 g/mol. The Morgan fingerprint density at radius 3 is 2.60 bits per heavy atom. The van der Waals surface area contributed by atoms with Crippen molar-refractivity contribution < 1.29 is 18.7 Å². The maximum absolute atomic E-state index is 14.1. The number of carbonyl (C=O) groups is 2. The van der Waals surface area contributed by atoms with Crippen LogP contribution in [0.15, 0.2) is 59.7 Å². The van der Waals surface area contributed by atoms with Crippen molar-refractivity contribution in [2.45, 2.75) is 18.8 Å². The topological polar surface area (TPSA) is 65.5 Å². The summed E-state index contributed by atoms with van der Waals surface area (Å²) in [5.41, 5.74) is 1.05. The van der Waals surface area contributed by atoms with Crippen molar-refractivity contribution in [1.82, 2.24) is 14.7 Å². The van der Waals surface area contributed by atoms with Gasteiger partial charge in [-0.15, -0.1) is 0 Å². The summed E-state index contributed by atoms with van der Waals surface area (Å²) < 4.78 is 19.9. The van der Waals surface area contributed by atoms with Crippen molar-refractivity contribution in [2.24, 2.45) is 4.99 Å². The number of fused-ring (bicyclic) bond motifs is 3. The van der Waals surface area contributed by atoms with Gasteiger partial charge in [-0.1, -0.05) is 29.8 Å². The molecule has 1 fully saturated rings. The van der Waals surface area contributed by atoms with Gasteiger partial charge in [0.2, 0.25) is 0 Å². The first-order valence-corrected chi connectivity index (χ1v) is 9.65. The number of carbonyl (C=O) groups excluding carboxylic acids is 2. The van der Waals surface area contributed by atoms with E-state index in [4.69, 9.17) is 16.3 Å². The van der Waals surface area contributed by atoms with Crippen LogP contribution in [-0.4, -0.2) is 51.9 Å². The van der Waals surface area contributed by atoms with E-state index in [1.165, 1.54) is 11.0 Å². The molecule has 0 aromatic heterocycles. The molecule has 2 aromatic rings. The van der Waals surface area contributed by atoms with E-state index in [9.17, 15) is 14.0 Å². The van der Waals surface area contributed by atoms with Crippen molar-refractivity contribution in [2.75, 3.05) is 7.05 Å². The van der Waals surface area contributed by atoms with Gasteiger partial charge >= 0.3 is 6.03 Å². The van der Waals surface area contributed by atoms with Crippen LogP contribution in [0.5, 0.6) is 0 Å². The van der Waals surface area contributed by atoms with Crippen LogP contribution in [-0.2, 0) is 16.1 Å². The maximum atomic E-state index is 14.1. The van der Waals surface area contributed by atoms with Gasteiger partial charge in [0.05, 0.1) is 12.7 Å². The molecule has 152 valence electrons. The van der Waals surface area contributed by atoms with Crippen molar-refractivity contribution in [3.05, 3.63) is 76.7 Å². The lowest BCUT2D eigenvalue weighted by Gasteiger charge is -2.39. The molecule has 7 nitrogen and oxygen atoms in total. The molecule has 3 aliphatic heterocycles. The quantitative estimate of drug-likeness (QED) is 0.755. The Bertz CT molecular complexity index is 1120. The number of halogens is 2. The molecule has 0 N–H and O–H groups in total. The van der Waals surface area contributed by atoms with E-state index < -0.39 is 30.0 Å². The number of amides is 3. The Balaban J connectivity index is 1.45. The van der Waals surface area contributed by atoms with E-state index in [2.05, 4.69) is 4.99 Å². The van der Waals surface area contributed by atoms with Crippen molar-refractivity contribution in [3.63, 3.8) is 0 Å². The number of amidine groups is 1. The van der Waals surface area contributed by atoms with Gasteiger partial charge in [0, 0.05) is 23.2 Å². The second-order valence-electron chi connectivity index (χ2n) is 7.19. The first-order valence-electron chi connectivity index (χ1n) is 9.27. The molecule has 3 amide bonds. The first kappa shape index (κ1) is 18.6. The second kappa shape index (κ2) is 6.84. The summed E-state index contributed by atoms with van der Waals surface area (Å²) in [5.74, 6) is -0.403. The van der Waals surface area contributed by atoms with Gasteiger partial charge in [0.15, 0.2) is 18.0 Å². The summed E-state index contributed by atoms with van der Waals surface area (Å²) in [7, 11) is 1.57. The van der Waals surface area contributed by atoms with Gasteiger partial charge < -0.3 is 9.64 Å². The Kier molecular flexibility index (Phi) is 4.25. The van der Waals surface area contributed by atoms with E-state index >= 15 is 0 Å². The number of hydrogen-bond donors (Lipinski definition) is 0. The third kappa shape index (κ3) is 2.83. The normalized spacial score (nSPS) is 22.6. The van der Waals surface area contributed by atoms with Gasteiger partial charge in [0.25, 0.3) is 11.9 Å². The Labute approximate surface area is 176 Å². The lowest BCUT2D eigenvalue weighted by molar-refractivity contribution is -0.137. The van der Waals surface area contributed by atoms with Gasteiger partial charge in [-0.2, -0.15) is 0 Å². The Morgan fingerprint density at radius 1 is 1.13 bits per heavy atom. The predicted molar refractivity (Wildman–Crippen MR) is 107 cm³/mol. The zero-order valence-electron chi connectivity index (χ0n) is 15.8. The fourth-order valence-electron chi connectivity index (χ4n) is 3.77. The smallest absolute Gasteiger partial charge is 0.328 e. The van der Waals surface area contributed by atoms with Crippen LogP contribution in [0.1, 0.15) is 11.1 Å². The minimum absolute atomic E-state index is 0.157. The van der Waals surface area contributed by atoms with E-state index in [1.54, 1.807) is 60.6 Å². The maximum Gasteiger partial charge on any atom is 0.328 e. The van der Waals surface area contributed by atoms with Gasteiger partial charge in [-0.05, 0) is 30.3 Å². The largest absolute Gasteiger partial charge is 0.423 e. The molecular weight excluding hydrogens is 411 g/mol. The number of rotatable bonds is 3. The number of benzene rings is 2. The summed E-state index contributed by atoms with van der Waals surface area (Å²) in [4.78, 5) is 34.5. The SMILES string of the molecule is CN1C(=O)N(Cc2ccccc2F)C(=O)C2C1N=C1OC(c3ccc(Cl)cc3)=CN12. The number of ether oxygens (including phenoxy) is 1. The van der Waals surface area contributed by atoms with Gasteiger partial charge in [-0.25, -0.2) is 14.2 Å². The third-order valence-electron chi connectivity index (χ3n) is 5.37. The van der Waals surface area contributed by atoms with E-state index in [1.807, 2.05) is 0 Å². The van der Waals surface area contributed by atoms with Crippen LogP contribution in [0.25, 0.3) is 5.76 Å². The van der Waals surface area contributed by atoms with Crippen LogP contribution in [0.3, 0.4) is 0 Å². The van der Waals surface area contributed by atoms with E-state index in [0.717, 1.165) is 10.5 Å². The zero-order valence-corrected chi connectivity index (χ0v) is 16.6. The molecule has 0 spiro atoms. The molecule has 5 rings (SSSR count). The molecule has 0 aliphatic carbocycles. The van der Waals surface area contributed by atoms with Crippen LogP contribution >= 0.6 is 11.6 Å². The summed E-state index contributed by atoms with van der Waals surface area (Å²) in [6.07, 6.45) is 0.982. The summed E-state index contributed by atoms with van der Waals surface area (Å²) in [6.45, 7) is -0.157. The summed E-state index contributed by atoms with van der Waals surface area (Å²) >= 11 is 5.94. The van der Waals surface area contributed by atoms with E-state index in [0.29, 0.717) is 10.8 Å². The van der Waals surface area contributed by atoms with Crippen LogP contribution in [0, 0.1) is 5.82 Å². The van der Waals surface area contributed by atoms with Crippen LogP contribution in [0.4, 0.5) is 9.18 Å². The van der Waals surface area contributed by atoms with E-state index in [-0.39, 0.29) is 18.1 Å². The summed E-state index contributed by atoms with van der Waals surface area (Å²) in [5, 5.41) is 0.599. The highest BCUT2D eigenvalue weighted by Crippen LogP contribution is 2.36. The van der Waals surface area contributed by atoms with Crippen LogP contribution in [0.2, 0.25) is 5.02 Å². The second-order valence-corrected chi connectivity index (χ2v) is 7.63. The fourth-order valence-corrected chi connectivity index (χ4v) is 3.90. The van der Waals surface area contributed by atoms with Crippen LogP contribution < -0.4 is 0 Å². The molecule has 0 bridgehead atoms. The molecule has 2 unspecified atom stereocenters. The first-order chi connectivity index (χ1) is 14.4.